The summed E-state index contributed by atoms with van der Waals surface area (Å²) in [4.78, 5) is 12.7. The fraction of sp³-hybridized carbons (Fsp3) is 0.588. The van der Waals surface area contributed by atoms with Gasteiger partial charge in [0.2, 0.25) is 10.0 Å². The quantitative estimate of drug-likeness (QED) is 0.725. The zero-order valence-corrected chi connectivity index (χ0v) is 15.0. The van der Waals surface area contributed by atoms with Gasteiger partial charge in [-0.25, -0.2) is 8.42 Å². The van der Waals surface area contributed by atoms with Gasteiger partial charge in [-0.3, -0.25) is 9.52 Å². The number of hydrogen-bond acceptors (Lipinski definition) is 5. The molecule has 0 amide bonds. The highest BCUT2D eigenvalue weighted by atomic mass is 32.2. The molecule has 1 aliphatic rings. The first kappa shape index (κ1) is 18.7. The molecule has 0 atom stereocenters. The van der Waals surface area contributed by atoms with Crippen LogP contribution in [0.5, 0.6) is 5.75 Å². The number of carbonyl (C=O) groups excluding carboxylic acids is 1. The Morgan fingerprint density at radius 3 is 2.54 bits per heavy atom. The molecule has 0 aliphatic heterocycles. The number of hydrogen-bond donors (Lipinski definition) is 1. The third-order valence-electron chi connectivity index (χ3n) is 4.28. The third-order valence-corrected chi connectivity index (χ3v) is 5.52. The second-order valence-corrected chi connectivity index (χ2v) is 7.87. The Morgan fingerprint density at radius 2 is 1.92 bits per heavy atom. The summed E-state index contributed by atoms with van der Waals surface area (Å²) in [6.45, 7) is 0.0956. The van der Waals surface area contributed by atoms with E-state index in [0.29, 0.717) is 11.3 Å². The number of methoxy groups -OCH3 is 2. The number of sulfonamides is 1. The van der Waals surface area contributed by atoms with Crippen molar-refractivity contribution in [3.63, 3.8) is 0 Å². The van der Waals surface area contributed by atoms with Gasteiger partial charge in [-0.05, 0) is 31.0 Å². The van der Waals surface area contributed by atoms with Gasteiger partial charge in [0.1, 0.15) is 5.75 Å². The average Bonchev–Trinajstić information content (AvgIpc) is 2.59. The van der Waals surface area contributed by atoms with Gasteiger partial charge in [0.15, 0.2) is 5.78 Å². The fourth-order valence-corrected chi connectivity index (χ4v) is 3.94. The number of carbonyl (C=O) groups is 1. The largest absolute Gasteiger partial charge is 0.495 e. The van der Waals surface area contributed by atoms with E-state index in [1.807, 2.05) is 0 Å². The lowest BCUT2D eigenvalue weighted by molar-refractivity contribution is 0.0889. The molecule has 2 rings (SSSR count). The van der Waals surface area contributed by atoms with Crippen LogP contribution in [-0.4, -0.2) is 40.8 Å². The number of Topliss-reactive ketones (excluding diaryl/α,β-unsaturated/α-hetero) is 1. The molecule has 6 nitrogen and oxygen atoms in total. The van der Waals surface area contributed by atoms with Crippen molar-refractivity contribution < 1.29 is 22.7 Å². The van der Waals surface area contributed by atoms with Gasteiger partial charge in [0, 0.05) is 18.6 Å². The lowest BCUT2D eigenvalue weighted by Crippen LogP contribution is -2.21. The standard InChI is InChI=1S/C17H25NO5S/c1-22-10-11-24(20,21)18-15-12-14(8-9-16(15)23-2)17(19)13-6-4-3-5-7-13/h8-9,12-13,18H,3-7,10-11H2,1-2H3. The second kappa shape index (κ2) is 8.48. The van der Waals surface area contributed by atoms with Crippen molar-refractivity contribution in [3.05, 3.63) is 23.8 Å². The number of nitrogens with one attached hydrogen (secondary N) is 1. The summed E-state index contributed by atoms with van der Waals surface area (Å²) in [5.41, 5.74) is 0.808. The number of ether oxygens (including phenoxy) is 2. The first-order valence-corrected chi connectivity index (χ1v) is 9.84. The summed E-state index contributed by atoms with van der Waals surface area (Å²) < 4.78 is 36.7. The Morgan fingerprint density at radius 1 is 1.21 bits per heavy atom. The van der Waals surface area contributed by atoms with Crippen molar-refractivity contribution in [2.24, 2.45) is 5.92 Å². The summed E-state index contributed by atoms with van der Waals surface area (Å²) in [6, 6.07) is 4.90. The summed E-state index contributed by atoms with van der Waals surface area (Å²) >= 11 is 0. The molecule has 134 valence electrons. The molecule has 0 heterocycles. The summed E-state index contributed by atoms with van der Waals surface area (Å²) in [7, 11) is -0.656. The van der Waals surface area contributed by atoms with Gasteiger partial charge in [-0.15, -0.1) is 0 Å². The van der Waals surface area contributed by atoms with Crippen LogP contribution in [0.15, 0.2) is 18.2 Å². The lowest BCUT2D eigenvalue weighted by Gasteiger charge is -2.21. The first-order chi connectivity index (χ1) is 11.5. The van der Waals surface area contributed by atoms with Gasteiger partial charge in [0.05, 0.1) is 25.2 Å². The summed E-state index contributed by atoms with van der Waals surface area (Å²) in [6.07, 6.45) is 5.13. The number of benzene rings is 1. The topological polar surface area (TPSA) is 81.7 Å². The number of rotatable bonds is 8. The van der Waals surface area contributed by atoms with Crippen molar-refractivity contribution in [2.45, 2.75) is 32.1 Å². The molecule has 1 aliphatic carbocycles. The van der Waals surface area contributed by atoms with E-state index in [2.05, 4.69) is 4.72 Å². The van der Waals surface area contributed by atoms with E-state index < -0.39 is 10.0 Å². The van der Waals surface area contributed by atoms with E-state index in [1.165, 1.54) is 20.6 Å². The predicted octanol–water partition coefficient (Wildman–Crippen LogP) is 2.85. The minimum absolute atomic E-state index is 0.0325. The van der Waals surface area contributed by atoms with Crippen LogP contribution >= 0.6 is 0 Å². The van der Waals surface area contributed by atoms with Crippen LogP contribution in [0.4, 0.5) is 5.69 Å². The number of ketones is 1. The van der Waals surface area contributed by atoms with Crippen LogP contribution in [0.3, 0.4) is 0 Å². The van der Waals surface area contributed by atoms with E-state index in [0.717, 1.165) is 25.7 Å². The Balaban J connectivity index is 2.22. The maximum Gasteiger partial charge on any atom is 0.235 e. The van der Waals surface area contributed by atoms with Crippen LogP contribution in [0.2, 0.25) is 0 Å². The molecule has 0 saturated heterocycles. The zero-order chi connectivity index (χ0) is 17.6. The monoisotopic (exact) mass is 355 g/mol. The molecule has 0 radical (unpaired) electrons. The van der Waals surface area contributed by atoms with Gasteiger partial charge in [-0.2, -0.15) is 0 Å². The van der Waals surface area contributed by atoms with Crippen LogP contribution in [0, 0.1) is 5.92 Å². The molecule has 0 unspecified atom stereocenters. The normalized spacial score (nSPS) is 15.9. The van der Waals surface area contributed by atoms with E-state index in [9.17, 15) is 13.2 Å². The molecule has 0 aromatic heterocycles. The molecule has 1 fully saturated rings. The van der Waals surface area contributed by atoms with Crippen LogP contribution in [-0.2, 0) is 14.8 Å². The van der Waals surface area contributed by atoms with Crippen LogP contribution in [0.1, 0.15) is 42.5 Å². The van der Waals surface area contributed by atoms with Crippen molar-refractivity contribution >= 4 is 21.5 Å². The molecular weight excluding hydrogens is 330 g/mol. The molecule has 7 heteroatoms. The van der Waals surface area contributed by atoms with Crippen LogP contribution < -0.4 is 9.46 Å². The minimum atomic E-state index is -3.56. The predicted molar refractivity (Wildman–Crippen MR) is 93.2 cm³/mol. The van der Waals surface area contributed by atoms with Crippen molar-refractivity contribution in [1.29, 1.82) is 0 Å². The Kier molecular flexibility index (Phi) is 6.62. The third kappa shape index (κ3) is 4.95. The smallest absolute Gasteiger partial charge is 0.235 e. The molecule has 1 aromatic carbocycles. The van der Waals surface area contributed by atoms with Crippen LogP contribution in [0.25, 0.3) is 0 Å². The molecule has 1 N–H and O–H groups in total. The summed E-state index contributed by atoms with van der Waals surface area (Å²) in [5.74, 6) is 0.337. The maximum absolute atomic E-state index is 12.7. The molecule has 1 aromatic rings. The Hall–Kier alpha value is -1.60. The highest BCUT2D eigenvalue weighted by Gasteiger charge is 2.23. The Labute approximate surface area is 143 Å². The number of anilines is 1. The van der Waals surface area contributed by atoms with Gasteiger partial charge < -0.3 is 9.47 Å². The zero-order valence-electron chi connectivity index (χ0n) is 14.2. The minimum Gasteiger partial charge on any atom is -0.495 e. The van der Waals surface area contributed by atoms with Gasteiger partial charge in [0.25, 0.3) is 0 Å². The van der Waals surface area contributed by atoms with Crippen molar-refractivity contribution in [3.8, 4) is 5.75 Å². The molecule has 0 bridgehead atoms. The van der Waals surface area contributed by atoms with Gasteiger partial charge in [-0.1, -0.05) is 19.3 Å². The van der Waals surface area contributed by atoms with E-state index >= 15 is 0 Å². The summed E-state index contributed by atoms with van der Waals surface area (Å²) in [5, 5.41) is 0. The highest BCUT2D eigenvalue weighted by molar-refractivity contribution is 7.92. The van der Waals surface area contributed by atoms with E-state index in [-0.39, 0.29) is 29.7 Å². The Bertz CT molecular complexity index is 666. The molecular formula is C17H25NO5S. The van der Waals surface area contributed by atoms with Gasteiger partial charge >= 0.3 is 0 Å². The lowest BCUT2D eigenvalue weighted by atomic mass is 9.84. The molecule has 0 spiro atoms. The second-order valence-electron chi connectivity index (χ2n) is 6.03. The van der Waals surface area contributed by atoms with Crippen molar-refractivity contribution in [2.75, 3.05) is 31.3 Å². The maximum atomic E-state index is 12.7. The average molecular weight is 355 g/mol. The van der Waals surface area contributed by atoms with E-state index in [4.69, 9.17) is 9.47 Å². The first-order valence-electron chi connectivity index (χ1n) is 8.18. The van der Waals surface area contributed by atoms with E-state index in [1.54, 1.807) is 18.2 Å². The van der Waals surface area contributed by atoms with Crippen molar-refractivity contribution in [1.82, 2.24) is 0 Å². The fourth-order valence-electron chi connectivity index (χ4n) is 2.95. The molecule has 24 heavy (non-hydrogen) atoms. The SMILES string of the molecule is COCCS(=O)(=O)Nc1cc(C(=O)C2CCCCC2)ccc1OC. The molecule has 1 saturated carbocycles. The highest BCUT2D eigenvalue weighted by Crippen LogP contribution is 2.31.